The van der Waals surface area contributed by atoms with E-state index in [0.717, 1.165) is 26.2 Å². The quantitative estimate of drug-likeness (QED) is 0.383. The zero-order chi connectivity index (χ0) is 21.8. The van der Waals surface area contributed by atoms with Crippen LogP contribution in [0.25, 0.3) is 6.08 Å². The first kappa shape index (κ1) is 21.5. The van der Waals surface area contributed by atoms with Crippen molar-refractivity contribution in [1.82, 2.24) is 5.32 Å². The van der Waals surface area contributed by atoms with Crippen LogP contribution < -0.4 is 15.0 Å². The fourth-order valence-electron chi connectivity index (χ4n) is 3.13. The van der Waals surface area contributed by atoms with Gasteiger partial charge < -0.3 is 4.74 Å². The number of ether oxygens (including phenoxy) is 1. The highest BCUT2D eigenvalue weighted by Gasteiger charge is 2.36. The van der Waals surface area contributed by atoms with Crippen LogP contribution in [0.15, 0.2) is 59.1 Å². The van der Waals surface area contributed by atoms with Gasteiger partial charge in [0.1, 0.15) is 11.3 Å². The van der Waals surface area contributed by atoms with Crippen molar-refractivity contribution in [2.75, 3.05) is 11.5 Å². The van der Waals surface area contributed by atoms with Gasteiger partial charge in [-0.3, -0.25) is 14.9 Å². The zero-order valence-electron chi connectivity index (χ0n) is 16.7. The Kier molecular flexibility index (Phi) is 6.52. The van der Waals surface area contributed by atoms with E-state index in [-0.39, 0.29) is 5.57 Å². The monoisotopic (exact) mass is 468 g/mol. The second-order valence-corrected chi connectivity index (χ2v) is 7.54. The van der Waals surface area contributed by atoms with Crippen molar-refractivity contribution in [3.63, 3.8) is 0 Å². The Hall–Kier alpha value is -3.19. The van der Waals surface area contributed by atoms with Gasteiger partial charge in [0.15, 0.2) is 0 Å². The number of allylic oxidation sites excluding steroid dienone is 1. The summed E-state index contributed by atoms with van der Waals surface area (Å²) in [5, 5.41) is 2.24. The SMILES string of the molecule is C=CCc1cc(/C=C2\C(=O)NC(=O)N(c3ccc(Br)c(C)c3)C2=O)ccc1OCC. The number of nitrogens with zero attached hydrogens (tertiary/aromatic N) is 1. The molecule has 0 atom stereocenters. The average molecular weight is 469 g/mol. The molecule has 4 amide bonds. The Morgan fingerprint density at radius 3 is 2.60 bits per heavy atom. The summed E-state index contributed by atoms with van der Waals surface area (Å²) in [6.07, 6.45) is 3.81. The van der Waals surface area contributed by atoms with Crippen LogP contribution in [0, 0.1) is 6.92 Å². The number of hydrogen-bond donors (Lipinski definition) is 1. The fourth-order valence-corrected chi connectivity index (χ4v) is 3.37. The highest BCUT2D eigenvalue weighted by Crippen LogP contribution is 2.27. The molecule has 0 radical (unpaired) electrons. The van der Waals surface area contributed by atoms with E-state index in [9.17, 15) is 14.4 Å². The number of aryl methyl sites for hydroxylation is 1. The van der Waals surface area contributed by atoms with Crippen molar-refractivity contribution in [3.05, 3.63) is 75.8 Å². The molecule has 1 aliphatic heterocycles. The lowest BCUT2D eigenvalue weighted by Crippen LogP contribution is -2.54. The van der Waals surface area contributed by atoms with Gasteiger partial charge in [0.2, 0.25) is 0 Å². The number of amides is 4. The molecule has 7 heteroatoms. The first-order chi connectivity index (χ1) is 14.3. The van der Waals surface area contributed by atoms with Gasteiger partial charge in [0.25, 0.3) is 11.8 Å². The maximum absolute atomic E-state index is 13.1. The number of hydrogen-bond acceptors (Lipinski definition) is 4. The molecule has 1 N–H and O–H groups in total. The van der Waals surface area contributed by atoms with Crippen LogP contribution in [0.3, 0.4) is 0 Å². The Balaban J connectivity index is 2.01. The summed E-state index contributed by atoms with van der Waals surface area (Å²) < 4.78 is 6.47. The van der Waals surface area contributed by atoms with Gasteiger partial charge in [-0.25, -0.2) is 9.69 Å². The van der Waals surface area contributed by atoms with E-state index in [4.69, 9.17) is 4.74 Å². The smallest absolute Gasteiger partial charge is 0.335 e. The number of halogens is 1. The summed E-state index contributed by atoms with van der Waals surface area (Å²) in [5.74, 6) is -0.681. The molecule has 0 saturated carbocycles. The van der Waals surface area contributed by atoms with Crippen molar-refractivity contribution < 1.29 is 19.1 Å². The molecule has 3 rings (SSSR count). The highest BCUT2D eigenvalue weighted by molar-refractivity contribution is 9.10. The number of imide groups is 2. The van der Waals surface area contributed by atoms with Crippen molar-refractivity contribution >= 4 is 45.5 Å². The number of rotatable bonds is 6. The number of nitrogens with one attached hydrogen (secondary N) is 1. The molecule has 154 valence electrons. The molecular formula is C23H21BrN2O4. The molecule has 1 aliphatic rings. The van der Waals surface area contributed by atoms with Crippen molar-refractivity contribution in [2.24, 2.45) is 0 Å². The van der Waals surface area contributed by atoms with Crippen LogP contribution in [0.2, 0.25) is 0 Å². The summed E-state index contributed by atoms with van der Waals surface area (Å²) >= 11 is 3.40. The van der Waals surface area contributed by atoms with E-state index in [1.807, 2.05) is 19.9 Å². The molecule has 30 heavy (non-hydrogen) atoms. The molecule has 2 aromatic rings. The minimum absolute atomic E-state index is 0.121. The maximum atomic E-state index is 13.1. The van der Waals surface area contributed by atoms with Crippen LogP contribution >= 0.6 is 15.9 Å². The molecule has 0 unspecified atom stereocenters. The lowest BCUT2D eigenvalue weighted by Gasteiger charge is -2.26. The second kappa shape index (κ2) is 9.09. The van der Waals surface area contributed by atoms with Crippen LogP contribution in [0.4, 0.5) is 10.5 Å². The topological polar surface area (TPSA) is 75.7 Å². The number of urea groups is 1. The second-order valence-electron chi connectivity index (χ2n) is 6.68. The maximum Gasteiger partial charge on any atom is 0.335 e. The first-order valence-electron chi connectivity index (χ1n) is 9.40. The van der Waals surface area contributed by atoms with E-state index in [2.05, 4.69) is 27.8 Å². The van der Waals surface area contributed by atoms with Gasteiger partial charge in [0.05, 0.1) is 12.3 Å². The summed E-state index contributed by atoms with van der Waals surface area (Å²) in [6.45, 7) is 8.02. The van der Waals surface area contributed by atoms with Crippen LogP contribution in [0.5, 0.6) is 5.75 Å². The Morgan fingerprint density at radius 2 is 1.93 bits per heavy atom. The van der Waals surface area contributed by atoms with Crippen LogP contribution in [-0.2, 0) is 16.0 Å². The summed E-state index contributed by atoms with van der Waals surface area (Å²) in [6, 6.07) is 9.71. The molecule has 1 heterocycles. The Labute approximate surface area is 183 Å². The molecule has 6 nitrogen and oxygen atoms in total. The van der Waals surface area contributed by atoms with Gasteiger partial charge in [0, 0.05) is 4.47 Å². The third-order valence-corrected chi connectivity index (χ3v) is 5.45. The number of carbonyl (C=O) groups is 3. The molecule has 1 fully saturated rings. The molecule has 1 saturated heterocycles. The van der Waals surface area contributed by atoms with E-state index in [1.54, 1.807) is 36.4 Å². The fraction of sp³-hybridized carbons (Fsp3) is 0.174. The third-order valence-electron chi connectivity index (χ3n) is 4.56. The number of anilines is 1. The van der Waals surface area contributed by atoms with Gasteiger partial charge in [-0.1, -0.05) is 28.1 Å². The standard InChI is InChI=1S/C23H21BrN2O4/c1-4-6-16-12-15(7-10-20(16)30-5-2)13-18-21(27)25-23(29)26(22(18)28)17-8-9-19(24)14(3)11-17/h4,7-13H,1,5-6H2,2-3H3,(H,25,27,29)/b18-13+. The molecule has 0 spiro atoms. The van der Waals surface area contributed by atoms with E-state index < -0.39 is 17.8 Å². The van der Waals surface area contributed by atoms with E-state index in [0.29, 0.717) is 24.3 Å². The van der Waals surface area contributed by atoms with Gasteiger partial charge in [-0.05, 0) is 73.4 Å². The number of carbonyl (C=O) groups excluding carboxylic acids is 3. The Morgan fingerprint density at radius 1 is 1.17 bits per heavy atom. The third kappa shape index (κ3) is 4.36. The summed E-state index contributed by atoms with van der Waals surface area (Å²) in [7, 11) is 0. The predicted molar refractivity (Wildman–Crippen MR) is 119 cm³/mol. The summed E-state index contributed by atoms with van der Waals surface area (Å²) in [4.78, 5) is 38.8. The lowest BCUT2D eigenvalue weighted by molar-refractivity contribution is -0.122. The molecule has 0 bridgehead atoms. The van der Waals surface area contributed by atoms with Gasteiger partial charge in [-0.15, -0.1) is 6.58 Å². The number of barbiturate groups is 1. The van der Waals surface area contributed by atoms with Crippen LogP contribution in [0.1, 0.15) is 23.6 Å². The van der Waals surface area contributed by atoms with Crippen molar-refractivity contribution in [1.29, 1.82) is 0 Å². The molecule has 2 aromatic carbocycles. The van der Waals surface area contributed by atoms with Crippen LogP contribution in [-0.4, -0.2) is 24.5 Å². The minimum atomic E-state index is -0.775. The van der Waals surface area contributed by atoms with Gasteiger partial charge >= 0.3 is 6.03 Å². The highest BCUT2D eigenvalue weighted by atomic mass is 79.9. The first-order valence-corrected chi connectivity index (χ1v) is 10.2. The van der Waals surface area contributed by atoms with Crippen molar-refractivity contribution in [3.8, 4) is 5.75 Å². The predicted octanol–water partition coefficient (Wildman–Crippen LogP) is 4.55. The molecular weight excluding hydrogens is 448 g/mol. The largest absolute Gasteiger partial charge is 0.494 e. The summed E-state index contributed by atoms with van der Waals surface area (Å²) in [5.41, 5.74) is 2.66. The molecule has 0 aromatic heterocycles. The van der Waals surface area contributed by atoms with Gasteiger partial charge in [-0.2, -0.15) is 0 Å². The zero-order valence-corrected chi connectivity index (χ0v) is 18.3. The van der Waals surface area contributed by atoms with E-state index in [1.165, 1.54) is 6.08 Å². The van der Waals surface area contributed by atoms with Crippen molar-refractivity contribution in [2.45, 2.75) is 20.3 Å². The Bertz CT molecular complexity index is 1070. The molecule has 0 aliphatic carbocycles. The lowest BCUT2D eigenvalue weighted by atomic mass is 10.0. The normalized spacial score (nSPS) is 15.4. The average Bonchev–Trinajstić information content (AvgIpc) is 2.70. The minimum Gasteiger partial charge on any atom is -0.494 e. The van der Waals surface area contributed by atoms with E-state index >= 15 is 0 Å². The number of benzene rings is 2.